The van der Waals surface area contributed by atoms with Crippen LogP contribution in [-0.2, 0) is 14.8 Å². The van der Waals surface area contributed by atoms with Crippen LogP contribution in [0.1, 0.15) is 39.0 Å². The third-order valence-electron chi connectivity index (χ3n) is 3.93. The summed E-state index contributed by atoms with van der Waals surface area (Å²) < 4.78 is 25.7. The summed E-state index contributed by atoms with van der Waals surface area (Å²) in [6, 6.07) is 2.18. The average molecular weight is 302 g/mol. The molecule has 1 aliphatic rings. The summed E-state index contributed by atoms with van der Waals surface area (Å²) in [5, 5.41) is 18.2. The van der Waals surface area contributed by atoms with Crippen LogP contribution in [0.25, 0.3) is 0 Å². The molecule has 0 bridgehead atoms. The minimum Gasteiger partial charge on any atom is -0.481 e. The molecule has 1 fully saturated rings. The summed E-state index contributed by atoms with van der Waals surface area (Å²) in [6.45, 7) is 1.40. The van der Waals surface area contributed by atoms with E-state index in [1.54, 1.807) is 0 Å². The maximum absolute atomic E-state index is 12.3. The second kappa shape index (κ2) is 6.55. The van der Waals surface area contributed by atoms with Gasteiger partial charge in [-0.15, -0.1) is 0 Å². The van der Waals surface area contributed by atoms with Crippen LogP contribution in [-0.4, -0.2) is 43.1 Å². The summed E-state index contributed by atoms with van der Waals surface area (Å²) in [4.78, 5) is 10.8. The van der Waals surface area contributed by atoms with Crippen LogP contribution in [0.15, 0.2) is 0 Å². The lowest BCUT2D eigenvalue weighted by atomic mass is 9.77. The Morgan fingerprint density at radius 3 is 2.40 bits per heavy atom. The average Bonchev–Trinajstić information content (AvgIpc) is 2.39. The minimum atomic E-state index is -3.61. The van der Waals surface area contributed by atoms with E-state index in [1.807, 2.05) is 0 Å². The van der Waals surface area contributed by atoms with Crippen LogP contribution >= 0.6 is 0 Å². The molecule has 0 aromatic carbocycles. The highest BCUT2D eigenvalue weighted by molar-refractivity contribution is 7.89. The molecule has 0 radical (unpaired) electrons. The van der Waals surface area contributed by atoms with E-state index in [1.165, 1.54) is 14.0 Å². The van der Waals surface area contributed by atoms with E-state index in [0.29, 0.717) is 12.8 Å². The lowest BCUT2D eigenvalue weighted by Crippen LogP contribution is -2.41. The molecule has 0 heterocycles. The molecule has 1 aliphatic carbocycles. The number of aliphatic carboxylic acids is 1. The van der Waals surface area contributed by atoms with Gasteiger partial charge in [-0.1, -0.05) is 26.2 Å². The van der Waals surface area contributed by atoms with Gasteiger partial charge in [-0.3, -0.25) is 4.79 Å². The van der Waals surface area contributed by atoms with E-state index in [9.17, 15) is 18.5 Å². The second-order valence-electron chi connectivity index (χ2n) is 5.73. The Kier molecular flexibility index (Phi) is 5.54. The van der Waals surface area contributed by atoms with Crippen molar-refractivity contribution < 1.29 is 18.3 Å². The lowest BCUT2D eigenvalue weighted by Gasteiger charge is -2.32. The Hall–Kier alpha value is -1.13. The number of carbonyl (C=O) groups is 1. The zero-order valence-electron chi connectivity index (χ0n) is 12.0. The molecule has 20 heavy (non-hydrogen) atoms. The molecule has 0 saturated heterocycles. The van der Waals surface area contributed by atoms with Gasteiger partial charge >= 0.3 is 5.97 Å². The SMILES string of the molecule is CC(CN(C)S(=O)(=O)CC1(C#N)CCCCC1)C(=O)O. The summed E-state index contributed by atoms with van der Waals surface area (Å²) in [5.41, 5.74) is -0.808. The van der Waals surface area contributed by atoms with Gasteiger partial charge in [0.1, 0.15) is 0 Å². The Balaban J connectivity index is 2.78. The Morgan fingerprint density at radius 1 is 1.40 bits per heavy atom. The molecule has 1 N–H and O–H groups in total. The van der Waals surface area contributed by atoms with Gasteiger partial charge in [0, 0.05) is 13.6 Å². The molecule has 1 unspecified atom stereocenters. The van der Waals surface area contributed by atoms with E-state index >= 15 is 0 Å². The largest absolute Gasteiger partial charge is 0.481 e. The maximum atomic E-state index is 12.3. The molecule has 0 aliphatic heterocycles. The molecule has 1 saturated carbocycles. The number of rotatable bonds is 6. The molecule has 7 heteroatoms. The lowest BCUT2D eigenvalue weighted by molar-refractivity contribution is -0.141. The number of carboxylic acids is 1. The highest BCUT2D eigenvalue weighted by atomic mass is 32.2. The number of sulfonamides is 1. The zero-order chi connectivity index (χ0) is 15.4. The highest BCUT2D eigenvalue weighted by Gasteiger charge is 2.38. The standard InChI is InChI=1S/C13H22N2O4S/c1-11(12(16)17)8-15(2)20(18,19)10-13(9-14)6-4-3-5-7-13/h11H,3-8,10H2,1-2H3,(H,16,17). The number of nitriles is 1. The quantitative estimate of drug-likeness (QED) is 0.800. The van der Waals surface area contributed by atoms with Crippen molar-refractivity contribution in [1.29, 1.82) is 5.26 Å². The van der Waals surface area contributed by atoms with Crippen LogP contribution < -0.4 is 0 Å². The first-order valence-electron chi connectivity index (χ1n) is 6.80. The molecule has 0 spiro atoms. The van der Waals surface area contributed by atoms with Gasteiger partial charge in [0.25, 0.3) is 0 Å². The van der Waals surface area contributed by atoms with E-state index in [0.717, 1.165) is 23.6 Å². The summed E-state index contributed by atoms with van der Waals surface area (Å²) in [5.74, 6) is -2.00. The van der Waals surface area contributed by atoms with Crippen LogP contribution in [0.2, 0.25) is 0 Å². The predicted octanol–water partition coefficient (Wildman–Crippen LogP) is 1.44. The van der Waals surface area contributed by atoms with Crippen molar-refractivity contribution in [3.63, 3.8) is 0 Å². The minimum absolute atomic E-state index is 0.0703. The molecular formula is C13H22N2O4S. The van der Waals surface area contributed by atoms with Gasteiger partial charge in [-0.25, -0.2) is 12.7 Å². The fourth-order valence-corrected chi connectivity index (χ4v) is 4.28. The second-order valence-corrected chi connectivity index (χ2v) is 7.80. The van der Waals surface area contributed by atoms with Crippen LogP contribution in [0, 0.1) is 22.7 Å². The Labute approximate surface area is 120 Å². The van der Waals surface area contributed by atoms with Crippen LogP contribution in [0.4, 0.5) is 0 Å². The number of carboxylic acid groups (broad SMARTS) is 1. The molecule has 0 amide bonds. The molecule has 0 aromatic rings. The molecule has 114 valence electrons. The van der Waals surface area contributed by atoms with Gasteiger partial charge in [0.15, 0.2) is 0 Å². The first kappa shape index (κ1) is 16.9. The van der Waals surface area contributed by atoms with Crippen molar-refractivity contribution in [2.24, 2.45) is 11.3 Å². The number of nitrogens with zero attached hydrogens (tertiary/aromatic N) is 2. The van der Waals surface area contributed by atoms with Gasteiger partial charge in [-0.2, -0.15) is 5.26 Å². The zero-order valence-corrected chi connectivity index (χ0v) is 12.8. The van der Waals surface area contributed by atoms with Crippen molar-refractivity contribution in [3.05, 3.63) is 0 Å². The van der Waals surface area contributed by atoms with E-state index in [-0.39, 0.29) is 12.3 Å². The fraction of sp³-hybridized carbons (Fsp3) is 0.846. The summed E-state index contributed by atoms with van der Waals surface area (Å²) in [6.07, 6.45) is 3.99. The van der Waals surface area contributed by atoms with E-state index in [2.05, 4.69) is 6.07 Å². The number of hydrogen-bond donors (Lipinski definition) is 1. The molecule has 6 nitrogen and oxygen atoms in total. The van der Waals surface area contributed by atoms with Gasteiger partial charge in [0.05, 0.1) is 23.2 Å². The van der Waals surface area contributed by atoms with Crippen molar-refractivity contribution in [2.45, 2.75) is 39.0 Å². The van der Waals surface area contributed by atoms with Crippen LogP contribution in [0.3, 0.4) is 0 Å². The highest BCUT2D eigenvalue weighted by Crippen LogP contribution is 2.37. The van der Waals surface area contributed by atoms with Gasteiger partial charge in [-0.05, 0) is 12.8 Å². The molecular weight excluding hydrogens is 280 g/mol. The predicted molar refractivity (Wildman–Crippen MR) is 74.3 cm³/mol. The third-order valence-corrected chi connectivity index (χ3v) is 5.95. The van der Waals surface area contributed by atoms with E-state index in [4.69, 9.17) is 5.11 Å². The van der Waals surface area contributed by atoms with Crippen molar-refractivity contribution >= 4 is 16.0 Å². The van der Waals surface area contributed by atoms with Crippen LogP contribution in [0.5, 0.6) is 0 Å². The normalized spacial score (nSPS) is 20.3. The summed E-state index contributed by atoms with van der Waals surface area (Å²) >= 11 is 0. The molecule has 1 rings (SSSR count). The van der Waals surface area contributed by atoms with Crippen molar-refractivity contribution in [3.8, 4) is 6.07 Å². The Bertz CT molecular complexity index is 489. The first-order chi connectivity index (χ1) is 9.22. The topological polar surface area (TPSA) is 98.5 Å². The smallest absolute Gasteiger partial charge is 0.307 e. The third kappa shape index (κ3) is 4.18. The Morgan fingerprint density at radius 2 is 1.95 bits per heavy atom. The summed E-state index contributed by atoms with van der Waals surface area (Å²) in [7, 11) is -2.23. The molecule has 1 atom stereocenters. The fourth-order valence-electron chi connectivity index (χ4n) is 2.55. The van der Waals surface area contributed by atoms with E-state index < -0.39 is 27.3 Å². The molecule has 0 aromatic heterocycles. The first-order valence-corrected chi connectivity index (χ1v) is 8.41. The maximum Gasteiger partial charge on any atom is 0.307 e. The van der Waals surface area contributed by atoms with Gasteiger partial charge in [0.2, 0.25) is 10.0 Å². The number of hydrogen-bond acceptors (Lipinski definition) is 4. The van der Waals surface area contributed by atoms with Crippen molar-refractivity contribution in [1.82, 2.24) is 4.31 Å². The van der Waals surface area contributed by atoms with Crippen molar-refractivity contribution in [2.75, 3.05) is 19.3 Å². The van der Waals surface area contributed by atoms with Gasteiger partial charge < -0.3 is 5.11 Å². The monoisotopic (exact) mass is 302 g/mol.